The van der Waals surface area contributed by atoms with Crippen LogP contribution in [0, 0.1) is 15.9 Å². The number of hydrogen-bond acceptors (Lipinski definition) is 5. The van der Waals surface area contributed by atoms with Gasteiger partial charge in [-0.3, -0.25) is 14.9 Å². The molecule has 9 heteroatoms. The molecule has 0 amide bonds. The predicted molar refractivity (Wildman–Crippen MR) is 79.0 cm³/mol. The van der Waals surface area contributed by atoms with Crippen molar-refractivity contribution in [1.82, 2.24) is 0 Å². The number of benzene rings is 1. The van der Waals surface area contributed by atoms with Gasteiger partial charge in [-0.15, -0.1) is 0 Å². The van der Waals surface area contributed by atoms with Gasteiger partial charge in [0.2, 0.25) is 5.78 Å². The Labute approximate surface area is 135 Å². The number of ketones is 1. The van der Waals surface area contributed by atoms with Gasteiger partial charge in [0.25, 0.3) is 5.69 Å². The van der Waals surface area contributed by atoms with Crippen molar-refractivity contribution in [3.63, 3.8) is 0 Å². The summed E-state index contributed by atoms with van der Waals surface area (Å²) in [5.41, 5.74) is -1.73. The lowest BCUT2D eigenvalue weighted by Gasteiger charge is -2.12. The number of rotatable bonds is 7. The van der Waals surface area contributed by atoms with Gasteiger partial charge < -0.3 is 9.84 Å². The SMILES string of the molecule is CCO/C(C(=O)c1cc(F)c(Cl)cc1[N+](=O)[O-])=C(\CC)C(=O)O. The summed E-state index contributed by atoms with van der Waals surface area (Å²) in [6.45, 7) is 2.95. The number of aliphatic carboxylic acids is 1. The quantitative estimate of drug-likeness (QED) is 0.267. The Morgan fingerprint density at radius 3 is 2.43 bits per heavy atom. The van der Waals surface area contributed by atoms with Crippen molar-refractivity contribution < 1.29 is 28.7 Å². The van der Waals surface area contributed by atoms with Gasteiger partial charge in [0.15, 0.2) is 5.76 Å². The van der Waals surface area contributed by atoms with E-state index in [2.05, 4.69) is 0 Å². The van der Waals surface area contributed by atoms with Crippen molar-refractivity contribution in [2.45, 2.75) is 20.3 Å². The van der Waals surface area contributed by atoms with Crippen LogP contribution in [0.4, 0.5) is 10.1 Å². The molecule has 0 aliphatic rings. The second-order valence-electron chi connectivity index (χ2n) is 4.27. The topological polar surface area (TPSA) is 107 Å². The molecular formula is C14H13ClFNO6. The lowest BCUT2D eigenvalue weighted by molar-refractivity contribution is -0.385. The van der Waals surface area contributed by atoms with E-state index in [4.69, 9.17) is 21.4 Å². The number of nitro groups is 1. The molecule has 124 valence electrons. The summed E-state index contributed by atoms with van der Waals surface area (Å²) < 4.78 is 18.6. The smallest absolute Gasteiger partial charge is 0.335 e. The lowest BCUT2D eigenvalue weighted by atomic mass is 10.0. The molecule has 0 saturated carbocycles. The van der Waals surface area contributed by atoms with Crippen molar-refractivity contribution >= 4 is 29.0 Å². The first kappa shape index (κ1) is 18.6. The number of nitro benzene ring substituents is 1. The summed E-state index contributed by atoms with van der Waals surface area (Å²) in [5, 5.41) is 19.6. The third-order valence-corrected chi connectivity index (χ3v) is 3.15. The number of carbonyl (C=O) groups is 2. The maximum atomic E-state index is 13.6. The average Bonchev–Trinajstić information content (AvgIpc) is 2.48. The predicted octanol–water partition coefficient (Wildman–Crippen LogP) is 3.36. The lowest BCUT2D eigenvalue weighted by Crippen LogP contribution is -2.16. The van der Waals surface area contributed by atoms with Crippen molar-refractivity contribution in [3.05, 3.63) is 50.0 Å². The third-order valence-electron chi connectivity index (χ3n) is 2.86. The molecule has 0 bridgehead atoms. The summed E-state index contributed by atoms with van der Waals surface area (Å²) >= 11 is 5.49. The van der Waals surface area contributed by atoms with Gasteiger partial charge in [-0.25, -0.2) is 9.18 Å². The number of halogens is 2. The fourth-order valence-corrected chi connectivity index (χ4v) is 1.99. The van der Waals surface area contributed by atoms with Crippen molar-refractivity contribution in [3.8, 4) is 0 Å². The van der Waals surface area contributed by atoms with Gasteiger partial charge in [-0.05, 0) is 19.4 Å². The minimum atomic E-state index is -1.40. The largest absolute Gasteiger partial charge is 0.489 e. The monoisotopic (exact) mass is 345 g/mol. The van der Waals surface area contributed by atoms with E-state index in [-0.39, 0.29) is 18.6 Å². The normalized spacial score (nSPS) is 11.7. The minimum Gasteiger partial charge on any atom is -0.489 e. The van der Waals surface area contributed by atoms with Gasteiger partial charge in [0, 0.05) is 6.07 Å². The standard InChI is InChI=1S/C14H13ClFNO6/c1-3-7(14(19)20)13(23-4-2)12(18)8-5-10(16)9(15)6-11(8)17(21)22/h5-6H,3-4H2,1-2H3,(H,19,20)/b13-7+. The highest BCUT2D eigenvalue weighted by Crippen LogP contribution is 2.29. The first-order valence-corrected chi connectivity index (χ1v) is 6.89. The molecule has 0 aliphatic carbocycles. The Kier molecular flexibility index (Phi) is 6.20. The maximum absolute atomic E-state index is 13.6. The van der Waals surface area contributed by atoms with Crippen molar-refractivity contribution in [2.24, 2.45) is 0 Å². The van der Waals surface area contributed by atoms with Gasteiger partial charge >= 0.3 is 5.97 Å². The van der Waals surface area contributed by atoms with Crippen LogP contribution in [0.5, 0.6) is 0 Å². The van der Waals surface area contributed by atoms with E-state index in [1.807, 2.05) is 0 Å². The Hall–Kier alpha value is -2.48. The summed E-state index contributed by atoms with van der Waals surface area (Å²) in [7, 11) is 0. The van der Waals surface area contributed by atoms with Crippen LogP contribution >= 0.6 is 11.6 Å². The van der Waals surface area contributed by atoms with Gasteiger partial charge in [0.1, 0.15) is 11.4 Å². The molecule has 0 atom stereocenters. The van der Waals surface area contributed by atoms with Crippen LogP contribution in [0.15, 0.2) is 23.5 Å². The second-order valence-corrected chi connectivity index (χ2v) is 4.68. The van der Waals surface area contributed by atoms with Crippen LogP contribution in [-0.2, 0) is 9.53 Å². The van der Waals surface area contributed by atoms with E-state index in [1.165, 1.54) is 13.8 Å². The van der Waals surface area contributed by atoms with E-state index in [9.17, 15) is 24.1 Å². The Bertz CT molecular complexity index is 701. The van der Waals surface area contributed by atoms with Crippen molar-refractivity contribution in [2.75, 3.05) is 6.61 Å². The molecule has 0 saturated heterocycles. The van der Waals surface area contributed by atoms with Gasteiger partial charge in [0.05, 0.1) is 22.1 Å². The molecule has 1 rings (SSSR count). The molecule has 0 aromatic heterocycles. The van der Waals surface area contributed by atoms with E-state index in [0.717, 1.165) is 0 Å². The number of ether oxygens (including phenoxy) is 1. The fourth-order valence-electron chi connectivity index (χ4n) is 1.83. The number of Topliss-reactive ketones (excluding diaryl/α,β-unsaturated/α-hetero) is 1. The zero-order valence-electron chi connectivity index (χ0n) is 12.3. The van der Waals surface area contributed by atoms with Crippen molar-refractivity contribution in [1.29, 1.82) is 0 Å². The molecule has 0 aliphatic heterocycles. The number of carboxylic acids is 1. The van der Waals surface area contributed by atoms with Crippen LogP contribution in [0.1, 0.15) is 30.6 Å². The van der Waals surface area contributed by atoms with E-state index in [1.54, 1.807) is 0 Å². The highest BCUT2D eigenvalue weighted by Gasteiger charge is 2.29. The highest BCUT2D eigenvalue weighted by molar-refractivity contribution is 6.31. The van der Waals surface area contributed by atoms with Crippen LogP contribution < -0.4 is 0 Å². The molecule has 1 aromatic rings. The molecular weight excluding hydrogens is 333 g/mol. The molecule has 23 heavy (non-hydrogen) atoms. The molecule has 7 nitrogen and oxygen atoms in total. The van der Waals surface area contributed by atoms with E-state index >= 15 is 0 Å². The molecule has 0 radical (unpaired) electrons. The Morgan fingerprint density at radius 2 is 2.00 bits per heavy atom. The number of nitrogens with zero attached hydrogens (tertiary/aromatic N) is 1. The number of hydrogen-bond donors (Lipinski definition) is 1. The second kappa shape index (κ2) is 7.68. The van der Waals surface area contributed by atoms with Gasteiger partial charge in [-0.2, -0.15) is 0 Å². The zero-order chi connectivity index (χ0) is 17.7. The maximum Gasteiger partial charge on any atom is 0.335 e. The summed E-state index contributed by atoms with van der Waals surface area (Å²) in [4.78, 5) is 33.8. The number of carboxylic acid groups (broad SMARTS) is 1. The molecule has 0 unspecified atom stereocenters. The van der Waals surface area contributed by atoms with Crippen LogP contribution in [-0.4, -0.2) is 28.4 Å². The first-order chi connectivity index (χ1) is 10.7. The molecule has 0 fully saturated rings. The van der Waals surface area contributed by atoms with Crippen LogP contribution in [0.3, 0.4) is 0 Å². The van der Waals surface area contributed by atoms with Gasteiger partial charge in [-0.1, -0.05) is 18.5 Å². The highest BCUT2D eigenvalue weighted by atomic mass is 35.5. The van der Waals surface area contributed by atoms with E-state index in [0.29, 0.717) is 12.1 Å². The Morgan fingerprint density at radius 1 is 1.39 bits per heavy atom. The average molecular weight is 346 g/mol. The third kappa shape index (κ3) is 4.04. The molecule has 1 N–H and O–H groups in total. The summed E-state index contributed by atoms with van der Waals surface area (Å²) in [6, 6.07) is 1.29. The first-order valence-electron chi connectivity index (χ1n) is 6.51. The summed E-state index contributed by atoms with van der Waals surface area (Å²) in [6.07, 6.45) is -0.0553. The summed E-state index contributed by atoms with van der Waals surface area (Å²) in [5.74, 6) is -4.09. The molecule has 1 aromatic carbocycles. The zero-order valence-corrected chi connectivity index (χ0v) is 13.0. The van der Waals surface area contributed by atoms with Crippen LogP contribution in [0.25, 0.3) is 0 Å². The number of carbonyl (C=O) groups excluding carboxylic acids is 1. The van der Waals surface area contributed by atoms with E-state index < -0.39 is 44.5 Å². The Balaban J connectivity index is 3.61. The molecule has 0 heterocycles. The minimum absolute atomic E-state index is 0.0400. The molecule has 0 spiro atoms. The van der Waals surface area contributed by atoms with Crippen LogP contribution in [0.2, 0.25) is 5.02 Å². The fraction of sp³-hybridized carbons (Fsp3) is 0.286. The number of allylic oxidation sites excluding steroid dienone is 1.